The van der Waals surface area contributed by atoms with E-state index < -0.39 is 18.1 Å². The van der Waals surface area contributed by atoms with Crippen LogP contribution in [0.1, 0.15) is 11.7 Å². The number of nitrogens with two attached hydrogens (primary N) is 1. The second kappa shape index (κ2) is 4.48. The minimum atomic E-state index is -1.35. The number of hydrogen-bond acceptors (Lipinski definition) is 4. The number of aromatic nitrogens is 1. The van der Waals surface area contributed by atoms with Crippen molar-refractivity contribution in [3.05, 3.63) is 42.1 Å². The highest BCUT2D eigenvalue weighted by Crippen LogP contribution is 2.24. The van der Waals surface area contributed by atoms with Gasteiger partial charge in [0, 0.05) is 11.6 Å². The van der Waals surface area contributed by atoms with Crippen LogP contribution in [-0.4, -0.2) is 27.2 Å². The maximum Gasteiger partial charge on any atom is 0.323 e. The molecular formula is C12H12N2O3. The monoisotopic (exact) mass is 232 g/mol. The number of para-hydroxylation sites is 1. The van der Waals surface area contributed by atoms with Gasteiger partial charge in [-0.2, -0.15) is 0 Å². The number of hydrogen-bond donors (Lipinski definition) is 3. The van der Waals surface area contributed by atoms with E-state index in [0.717, 1.165) is 0 Å². The lowest BCUT2D eigenvalue weighted by Crippen LogP contribution is -2.36. The van der Waals surface area contributed by atoms with Gasteiger partial charge < -0.3 is 15.9 Å². The average Bonchev–Trinajstić information content (AvgIpc) is 2.36. The van der Waals surface area contributed by atoms with Crippen molar-refractivity contribution in [2.75, 3.05) is 0 Å². The smallest absolute Gasteiger partial charge is 0.323 e. The lowest BCUT2D eigenvalue weighted by molar-refractivity contribution is -0.141. The standard InChI is InChI=1S/C12H12N2O3/c13-10(12(16)17)11(15)8-5-6-14-9-4-2-1-3-7(8)9/h1-6,10-11,15H,13H2,(H,16,17). The molecule has 1 aromatic heterocycles. The Balaban J connectivity index is 2.52. The molecule has 2 aromatic rings. The van der Waals surface area contributed by atoms with Crippen LogP contribution in [0, 0.1) is 0 Å². The molecule has 17 heavy (non-hydrogen) atoms. The molecule has 5 nitrogen and oxygen atoms in total. The summed E-state index contributed by atoms with van der Waals surface area (Å²) in [7, 11) is 0. The normalized spacial score (nSPS) is 14.5. The number of carboxylic acid groups (broad SMARTS) is 1. The fourth-order valence-corrected chi connectivity index (χ4v) is 1.70. The number of carbonyl (C=O) groups is 1. The van der Waals surface area contributed by atoms with Gasteiger partial charge in [0.25, 0.3) is 0 Å². The van der Waals surface area contributed by atoms with E-state index in [1.807, 2.05) is 6.07 Å². The highest BCUT2D eigenvalue weighted by Gasteiger charge is 2.24. The molecule has 88 valence electrons. The molecule has 2 rings (SSSR count). The van der Waals surface area contributed by atoms with Gasteiger partial charge >= 0.3 is 5.97 Å². The minimum Gasteiger partial charge on any atom is -0.480 e. The molecule has 5 heteroatoms. The lowest BCUT2D eigenvalue weighted by Gasteiger charge is -2.16. The largest absolute Gasteiger partial charge is 0.480 e. The summed E-state index contributed by atoms with van der Waals surface area (Å²) in [6.07, 6.45) is 0.274. The number of aliphatic carboxylic acids is 1. The molecule has 1 aromatic carbocycles. The lowest BCUT2D eigenvalue weighted by atomic mass is 9.99. The van der Waals surface area contributed by atoms with E-state index in [0.29, 0.717) is 16.5 Å². The predicted molar refractivity (Wildman–Crippen MR) is 62.3 cm³/mol. The fourth-order valence-electron chi connectivity index (χ4n) is 1.70. The molecule has 0 spiro atoms. The number of rotatable bonds is 3. The number of fused-ring (bicyclic) bond motifs is 1. The molecule has 0 radical (unpaired) electrons. The van der Waals surface area contributed by atoms with Crippen molar-refractivity contribution in [3.8, 4) is 0 Å². The summed E-state index contributed by atoms with van der Waals surface area (Å²) in [5.74, 6) is -1.24. The Labute approximate surface area is 97.5 Å². The number of aliphatic hydroxyl groups is 1. The maximum atomic E-state index is 10.7. The molecule has 4 N–H and O–H groups in total. The first-order valence-electron chi connectivity index (χ1n) is 5.11. The van der Waals surface area contributed by atoms with E-state index in [2.05, 4.69) is 4.98 Å². The van der Waals surface area contributed by atoms with E-state index in [9.17, 15) is 9.90 Å². The van der Waals surface area contributed by atoms with Crippen LogP contribution in [0.5, 0.6) is 0 Å². The van der Waals surface area contributed by atoms with E-state index >= 15 is 0 Å². The summed E-state index contributed by atoms with van der Waals surface area (Å²) in [6, 6.07) is 7.42. The van der Waals surface area contributed by atoms with Crippen molar-refractivity contribution < 1.29 is 15.0 Å². The molecule has 0 aliphatic rings. The highest BCUT2D eigenvalue weighted by molar-refractivity contribution is 5.83. The molecule has 0 saturated heterocycles. The summed E-state index contributed by atoms with van der Waals surface area (Å²) in [4.78, 5) is 14.9. The summed E-state index contributed by atoms with van der Waals surface area (Å²) in [5, 5.41) is 19.4. The Hall–Kier alpha value is -1.98. The zero-order valence-electron chi connectivity index (χ0n) is 8.95. The Morgan fingerprint density at radius 3 is 2.71 bits per heavy atom. The van der Waals surface area contributed by atoms with Crippen molar-refractivity contribution in [3.63, 3.8) is 0 Å². The third-order valence-electron chi connectivity index (χ3n) is 2.63. The molecule has 1 heterocycles. The Kier molecular flexibility index (Phi) is 3.03. The van der Waals surface area contributed by atoms with Crippen LogP contribution in [-0.2, 0) is 4.79 Å². The highest BCUT2D eigenvalue weighted by atomic mass is 16.4. The van der Waals surface area contributed by atoms with Gasteiger partial charge in [-0.25, -0.2) is 0 Å². The molecule has 0 bridgehead atoms. The van der Waals surface area contributed by atoms with Gasteiger partial charge in [0.1, 0.15) is 12.1 Å². The molecule has 2 unspecified atom stereocenters. The van der Waals surface area contributed by atoms with Gasteiger partial charge in [0.05, 0.1) is 5.52 Å². The SMILES string of the molecule is NC(C(=O)O)C(O)c1ccnc2ccccc12. The van der Waals surface area contributed by atoms with Gasteiger partial charge in [-0.15, -0.1) is 0 Å². The van der Waals surface area contributed by atoms with Crippen LogP contribution < -0.4 is 5.73 Å². The van der Waals surface area contributed by atoms with Crippen LogP contribution in [0.2, 0.25) is 0 Å². The topological polar surface area (TPSA) is 96.4 Å². The fraction of sp³-hybridized carbons (Fsp3) is 0.167. The second-order valence-corrected chi connectivity index (χ2v) is 3.73. The van der Waals surface area contributed by atoms with E-state index in [4.69, 9.17) is 10.8 Å². The maximum absolute atomic E-state index is 10.7. The average molecular weight is 232 g/mol. The number of pyridine rings is 1. The number of carboxylic acids is 1. The first-order valence-corrected chi connectivity index (χ1v) is 5.11. The number of nitrogens with zero attached hydrogens (tertiary/aromatic N) is 1. The van der Waals surface area contributed by atoms with Crippen molar-refractivity contribution >= 4 is 16.9 Å². The van der Waals surface area contributed by atoms with Crippen LogP contribution in [0.15, 0.2) is 36.5 Å². The Bertz CT molecular complexity index is 551. The third-order valence-corrected chi connectivity index (χ3v) is 2.63. The first kappa shape index (κ1) is 11.5. The molecule has 2 atom stereocenters. The van der Waals surface area contributed by atoms with Gasteiger partial charge in [0.2, 0.25) is 0 Å². The van der Waals surface area contributed by atoms with E-state index in [1.165, 1.54) is 6.20 Å². The van der Waals surface area contributed by atoms with Gasteiger partial charge in [-0.3, -0.25) is 9.78 Å². The first-order chi connectivity index (χ1) is 8.11. The van der Waals surface area contributed by atoms with Crippen molar-refractivity contribution in [1.82, 2.24) is 4.98 Å². The second-order valence-electron chi connectivity index (χ2n) is 3.73. The zero-order chi connectivity index (χ0) is 12.4. The van der Waals surface area contributed by atoms with Gasteiger partial charge in [-0.05, 0) is 17.7 Å². The Morgan fingerprint density at radius 2 is 2.00 bits per heavy atom. The van der Waals surface area contributed by atoms with Crippen LogP contribution in [0.25, 0.3) is 10.9 Å². The Morgan fingerprint density at radius 1 is 1.29 bits per heavy atom. The summed E-state index contributed by atoms with van der Waals surface area (Å²) >= 11 is 0. The zero-order valence-corrected chi connectivity index (χ0v) is 8.95. The van der Waals surface area contributed by atoms with Gasteiger partial charge in [0.15, 0.2) is 0 Å². The molecule has 0 aliphatic heterocycles. The minimum absolute atomic E-state index is 0.477. The van der Waals surface area contributed by atoms with Crippen molar-refractivity contribution in [2.24, 2.45) is 5.73 Å². The third kappa shape index (κ3) is 2.11. The summed E-state index contributed by atoms with van der Waals surface area (Å²) in [5.41, 5.74) is 6.59. The molecule has 0 saturated carbocycles. The van der Waals surface area contributed by atoms with Crippen LogP contribution >= 0.6 is 0 Å². The van der Waals surface area contributed by atoms with Crippen molar-refractivity contribution in [2.45, 2.75) is 12.1 Å². The molecule has 0 aliphatic carbocycles. The summed E-state index contributed by atoms with van der Waals surface area (Å²) < 4.78 is 0. The predicted octanol–water partition coefficient (Wildman–Crippen LogP) is 0.680. The van der Waals surface area contributed by atoms with Crippen LogP contribution in [0.3, 0.4) is 0 Å². The van der Waals surface area contributed by atoms with Crippen molar-refractivity contribution in [1.29, 1.82) is 0 Å². The molecule has 0 amide bonds. The number of benzene rings is 1. The van der Waals surface area contributed by atoms with Gasteiger partial charge in [-0.1, -0.05) is 18.2 Å². The van der Waals surface area contributed by atoms with Crippen LogP contribution in [0.4, 0.5) is 0 Å². The van der Waals surface area contributed by atoms with E-state index in [1.54, 1.807) is 24.3 Å². The molecular weight excluding hydrogens is 220 g/mol. The number of aliphatic hydroxyl groups excluding tert-OH is 1. The molecule has 0 fully saturated rings. The van der Waals surface area contributed by atoms with E-state index in [-0.39, 0.29) is 0 Å². The quantitative estimate of drug-likeness (QED) is 0.723. The summed E-state index contributed by atoms with van der Waals surface area (Å²) in [6.45, 7) is 0.